The first-order valence-corrected chi connectivity index (χ1v) is 1.96. The second-order valence-corrected chi connectivity index (χ2v) is 1.23. The number of hydrogen-bond donors (Lipinski definition) is 2. The number of H-pyrrole nitrogens is 1. The van der Waals surface area contributed by atoms with Crippen molar-refractivity contribution in [1.29, 1.82) is 0 Å². The Hall–Kier alpha value is -1.39. The minimum absolute atomic E-state index is 0.139. The molecule has 0 aliphatic heterocycles. The standard InChI is InChI=1S/C3H4N4O/c4-3-2(1-8)5-7-6-3/h1H,(H3,4,5,6,7). The van der Waals surface area contributed by atoms with E-state index in [0.29, 0.717) is 6.29 Å². The lowest BCUT2D eigenvalue weighted by Crippen LogP contribution is -1.89. The predicted octanol–water partition coefficient (Wildman–Crippen LogP) is -0.801. The van der Waals surface area contributed by atoms with Crippen LogP contribution < -0.4 is 5.73 Å². The molecule has 0 aliphatic carbocycles. The number of nitrogens with two attached hydrogens (primary N) is 1. The molecular weight excluding hydrogens is 108 g/mol. The van der Waals surface area contributed by atoms with Gasteiger partial charge in [0.05, 0.1) is 0 Å². The van der Waals surface area contributed by atoms with Gasteiger partial charge in [0, 0.05) is 0 Å². The van der Waals surface area contributed by atoms with E-state index in [2.05, 4.69) is 15.4 Å². The number of nitrogens with zero attached hydrogens (tertiary/aromatic N) is 2. The van der Waals surface area contributed by atoms with Crippen LogP contribution in [0, 0.1) is 0 Å². The molecule has 0 amide bonds. The number of hydrogen-bond acceptors (Lipinski definition) is 4. The number of rotatable bonds is 1. The Labute approximate surface area is 44.9 Å². The van der Waals surface area contributed by atoms with E-state index in [0.717, 1.165) is 0 Å². The molecule has 0 saturated heterocycles. The van der Waals surface area contributed by atoms with Crippen molar-refractivity contribution < 1.29 is 4.79 Å². The van der Waals surface area contributed by atoms with Crippen molar-refractivity contribution in [3.05, 3.63) is 5.69 Å². The van der Waals surface area contributed by atoms with Crippen LogP contribution in [0.15, 0.2) is 0 Å². The molecular formula is C3H4N4O. The third kappa shape index (κ3) is 0.534. The molecule has 0 atom stereocenters. The highest BCUT2D eigenvalue weighted by molar-refractivity contribution is 5.77. The summed E-state index contributed by atoms with van der Waals surface area (Å²) in [6, 6.07) is 0. The number of nitrogens with one attached hydrogen (secondary N) is 1. The first-order valence-electron chi connectivity index (χ1n) is 1.96. The minimum atomic E-state index is 0.139. The van der Waals surface area contributed by atoms with E-state index in [1.54, 1.807) is 0 Å². The number of anilines is 1. The molecule has 0 unspecified atom stereocenters. The van der Waals surface area contributed by atoms with Crippen molar-refractivity contribution in [1.82, 2.24) is 15.4 Å². The van der Waals surface area contributed by atoms with Gasteiger partial charge in [-0.3, -0.25) is 9.89 Å². The molecule has 0 aliphatic rings. The first-order chi connectivity index (χ1) is 3.84. The monoisotopic (exact) mass is 112 g/mol. The summed E-state index contributed by atoms with van der Waals surface area (Å²) in [7, 11) is 0. The number of carbonyl (C=O) groups is 1. The van der Waals surface area contributed by atoms with E-state index >= 15 is 0 Å². The zero-order chi connectivity index (χ0) is 5.98. The fourth-order valence-corrected chi connectivity index (χ4v) is 0.331. The molecule has 0 radical (unpaired) electrons. The second-order valence-electron chi connectivity index (χ2n) is 1.23. The van der Waals surface area contributed by atoms with Gasteiger partial charge in [0.1, 0.15) is 5.69 Å². The van der Waals surface area contributed by atoms with Crippen LogP contribution in [0.5, 0.6) is 0 Å². The van der Waals surface area contributed by atoms with Gasteiger partial charge in [-0.1, -0.05) is 5.21 Å². The fraction of sp³-hybridized carbons (Fsp3) is 0. The molecule has 0 bridgehead atoms. The SMILES string of the molecule is Nc1nn[nH]c1C=O. The van der Waals surface area contributed by atoms with Gasteiger partial charge >= 0.3 is 0 Å². The van der Waals surface area contributed by atoms with E-state index in [-0.39, 0.29) is 11.5 Å². The van der Waals surface area contributed by atoms with Gasteiger partial charge in [0.2, 0.25) is 0 Å². The Balaban J connectivity index is 3.09. The molecule has 0 spiro atoms. The molecule has 0 aromatic carbocycles. The van der Waals surface area contributed by atoms with Crippen molar-refractivity contribution in [3.8, 4) is 0 Å². The van der Waals surface area contributed by atoms with E-state index in [1.165, 1.54) is 0 Å². The molecule has 1 rings (SSSR count). The Morgan fingerprint density at radius 1 is 1.75 bits per heavy atom. The molecule has 1 aromatic rings. The minimum Gasteiger partial charge on any atom is -0.380 e. The maximum atomic E-state index is 9.90. The molecule has 0 fully saturated rings. The van der Waals surface area contributed by atoms with Gasteiger partial charge in [-0.25, -0.2) is 0 Å². The molecule has 1 heterocycles. The lowest BCUT2D eigenvalue weighted by Gasteiger charge is -1.76. The van der Waals surface area contributed by atoms with E-state index in [9.17, 15) is 4.79 Å². The normalized spacial score (nSPS) is 9.00. The van der Waals surface area contributed by atoms with Crippen LogP contribution in [0.2, 0.25) is 0 Å². The predicted molar refractivity (Wildman–Crippen MR) is 26.2 cm³/mol. The highest BCUT2D eigenvalue weighted by atomic mass is 16.1. The summed E-state index contributed by atoms with van der Waals surface area (Å²) in [6.45, 7) is 0. The van der Waals surface area contributed by atoms with Gasteiger partial charge in [-0.05, 0) is 0 Å². The van der Waals surface area contributed by atoms with Crippen molar-refractivity contribution in [2.75, 3.05) is 5.73 Å². The molecule has 3 N–H and O–H groups in total. The smallest absolute Gasteiger partial charge is 0.176 e. The summed E-state index contributed by atoms with van der Waals surface area (Å²) in [5.74, 6) is 0.139. The van der Waals surface area contributed by atoms with Crippen LogP contribution in [-0.2, 0) is 0 Å². The molecule has 0 saturated carbocycles. The van der Waals surface area contributed by atoms with Gasteiger partial charge < -0.3 is 5.73 Å². The van der Waals surface area contributed by atoms with Crippen LogP contribution in [0.4, 0.5) is 5.82 Å². The maximum absolute atomic E-state index is 9.90. The van der Waals surface area contributed by atoms with Crippen molar-refractivity contribution in [2.24, 2.45) is 0 Å². The van der Waals surface area contributed by atoms with E-state index in [1.807, 2.05) is 0 Å². The molecule has 8 heavy (non-hydrogen) atoms. The number of aromatic amines is 1. The summed E-state index contributed by atoms with van der Waals surface area (Å²) in [5.41, 5.74) is 5.34. The molecule has 5 heteroatoms. The highest BCUT2D eigenvalue weighted by Crippen LogP contribution is 1.94. The first kappa shape index (κ1) is 4.76. The van der Waals surface area contributed by atoms with Gasteiger partial charge in [-0.15, -0.1) is 5.10 Å². The summed E-state index contributed by atoms with van der Waals surface area (Å²) in [5, 5.41) is 8.89. The Kier molecular flexibility index (Phi) is 0.957. The molecule has 42 valence electrons. The average molecular weight is 112 g/mol. The lowest BCUT2D eigenvalue weighted by atomic mass is 10.5. The van der Waals surface area contributed by atoms with Crippen LogP contribution in [0.3, 0.4) is 0 Å². The number of aldehydes is 1. The average Bonchev–Trinajstić information content (AvgIpc) is 2.14. The van der Waals surface area contributed by atoms with Crippen LogP contribution >= 0.6 is 0 Å². The van der Waals surface area contributed by atoms with Crippen LogP contribution in [0.1, 0.15) is 10.5 Å². The lowest BCUT2D eigenvalue weighted by molar-refractivity contribution is 0.112. The Morgan fingerprint density at radius 2 is 2.50 bits per heavy atom. The zero-order valence-electron chi connectivity index (χ0n) is 3.96. The van der Waals surface area contributed by atoms with E-state index in [4.69, 9.17) is 5.73 Å². The third-order valence-electron chi connectivity index (χ3n) is 0.722. The van der Waals surface area contributed by atoms with Gasteiger partial charge in [-0.2, -0.15) is 0 Å². The highest BCUT2D eigenvalue weighted by Gasteiger charge is 1.96. The van der Waals surface area contributed by atoms with Crippen LogP contribution in [0.25, 0.3) is 0 Å². The fourth-order valence-electron chi connectivity index (χ4n) is 0.331. The van der Waals surface area contributed by atoms with Crippen LogP contribution in [-0.4, -0.2) is 21.7 Å². The molecule has 1 aromatic heterocycles. The quantitative estimate of drug-likeness (QED) is 0.466. The summed E-state index contributed by atoms with van der Waals surface area (Å²) < 4.78 is 0. The van der Waals surface area contributed by atoms with Crippen molar-refractivity contribution in [2.45, 2.75) is 0 Å². The second kappa shape index (κ2) is 1.61. The number of carbonyl (C=O) groups excluding carboxylic acids is 1. The summed E-state index contributed by atoms with van der Waals surface area (Å²) in [6.07, 6.45) is 0.565. The summed E-state index contributed by atoms with van der Waals surface area (Å²) >= 11 is 0. The van der Waals surface area contributed by atoms with Gasteiger partial charge in [0.25, 0.3) is 0 Å². The maximum Gasteiger partial charge on any atom is 0.176 e. The topological polar surface area (TPSA) is 84.7 Å². The molecule has 5 nitrogen and oxygen atoms in total. The Morgan fingerprint density at radius 3 is 2.75 bits per heavy atom. The number of nitrogen functional groups attached to an aromatic ring is 1. The van der Waals surface area contributed by atoms with Crippen molar-refractivity contribution in [3.63, 3.8) is 0 Å². The van der Waals surface area contributed by atoms with Crippen molar-refractivity contribution >= 4 is 12.1 Å². The van der Waals surface area contributed by atoms with Gasteiger partial charge in [0.15, 0.2) is 12.1 Å². The zero-order valence-corrected chi connectivity index (χ0v) is 3.96. The van der Waals surface area contributed by atoms with E-state index < -0.39 is 0 Å². The Bertz CT molecular complexity index is 193. The summed E-state index contributed by atoms with van der Waals surface area (Å²) in [4.78, 5) is 9.90. The third-order valence-corrected chi connectivity index (χ3v) is 0.722. The number of aromatic nitrogens is 3. The largest absolute Gasteiger partial charge is 0.380 e.